The molecule has 0 aliphatic heterocycles. The number of nitrogens with one attached hydrogen (secondary N) is 1. The van der Waals surface area contributed by atoms with Gasteiger partial charge in [0.05, 0.1) is 0 Å². The molecule has 3 nitrogen and oxygen atoms in total. The number of amides is 1. The molecule has 0 heterocycles. The predicted molar refractivity (Wildman–Crippen MR) is 69.2 cm³/mol. The molecule has 1 amide bonds. The topological polar surface area (TPSA) is 55.1 Å². The number of nitrogens with two attached hydrogens (primary N) is 1. The van der Waals surface area contributed by atoms with Gasteiger partial charge < -0.3 is 11.1 Å². The van der Waals surface area contributed by atoms with Crippen molar-refractivity contribution in [2.24, 2.45) is 11.7 Å². The Morgan fingerprint density at radius 3 is 1.81 bits per heavy atom. The van der Waals surface area contributed by atoms with E-state index >= 15 is 0 Å². The summed E-state index contributed by atoms with van der Waals surface area (Å²) in [5.41, 5.74) is 5.62. The van der Waals surface area contributed by atoms with Gasteiger partial charge in [-0.05, 0) is 52.4 Å². The van der Waals surface area contributed by atoms with Gasteiger partial charge in [0.2, 0.25) is 5.91 Å². The standard InChI is InChI=1S/C7H15N.C6H13NO/c1-6-2-4-7(8)5-3-6;1-5(8)7-6(2,3)4/h6-7H,2-5,8H2,1H3;1-4H3,(H,7,8). The quantitative estimate of drug-likeness (QED) is 0.669. The van der Waals surface area contributed by atoms with Gasteiger partial charge in [0.15, 0.2) is 0 Å². The zero-order valence-corrected chi connectivity index (χ0v) is 11.5. The fraction of sp³-hybridized carbons (Fsp3) is 0.923. The van der Waals surface area contributed by atoms with E-state index in [1.165, 1.54) is 32.6 Å². The van der Waals surface area contributed by atoms with Crippen molar-refractivity contribution in [3.63, 3.8) is 0 Å². The fourth-order valence-electron chi connectivity index (χ4n) is 1.81. The molecule has 3 heteroatoms. The third-order valence-corrected chi connectivity index (χ3v) is 2.61. The minimum Gasteiger partial charge on any atom is -0.352 e. The second-order valence-electron chi connectivity index (χ2n) is 5.95. The fourth-order valence-corrected chi connectivity index (χ4v) is 1.81. The van der Waals surface area contributed by atoms with Crippen LogP contribution in [0.25, 0.3) is 0 Å². The second kappa shape index (κ2) is 6.89. The number of hydrogen-bond donors (Lipinski definition) is 2. The molecule has 96 valence electrons. The molecule has 0 aromatic rings. The molecular weight excluding hydrogens is 200 g/mol. The number of carbonyl (C=O) groups excluding carboxylic acids is 1. The zero-order valence-electron chi connectivity index (χ0n) is 11.5. The Bertz CT molecular complexity index is 190. The lowest BCUT2D eigenvalue weighted by Gasteiger charge is -2.22. The summed E-state index contributed by atoms with van der Waals surface area (Å²) < 4.78 is 0. The molecule has 1 saturated carbocycles. The van der Waals surface area contributed by atoms with E-state index in [-0.39, 0.29) is 11.4 Å². The van der Waals surface area contributed by atoms with E-state index in [0.29, 0.717) is 6.04 Å². The highest BCUT2D eigenvalue weighted by Crippen LogP contribution is 2.21. The van der Waals surface area contributed by atoms with Gasteiger partial charge in [-0.15, -0.1) is 0 Å². The van der Waals surface area contributed by atoms with E-state index in [2.05, 4.69) is 12.2 Å². The average molecular weight is 228 g/mol. The molecule has 3 N–H and O–H groups in total. The third kappa shape index (κ3) is 9.97. The van der Waals surface area contributed by atoms with Crippen LogP contribution in [0.1, 0.15) is 60.3 Å². The predicted octanol–water partition coefficient (Wildman–Crippen LogP) is 2.44. The summed E-state index contributed by atoms with van der Waals surface area (Å²) in [7, 11) is 0. The lowest BCUT2D eigenvalue weighted by molar-refractivity contribution is -0.120. The van der Waals surface area contributed by atoms with Gasteiger partial charge in [-0.25, -0.2) is 0 Å². The van der Waals surface area contributed by atoms with Crippen LogP contribution in [0, 0.1) is 5.92 Å². The van der Waals surface area contributed by atoms with Crippen LogP contribution < -0.4 is 11.1 Å². The van der Waals surface area contributed by atoms with Crippen LogP contribution in [-0.2, 0) is 4.79 Å². The van der Waals surface area contributed by atoms with Crippen molar-refractivity contribution in [1.29, 1.82) is 0 Å². The van der Waals surface area contributed by atoms with Crippen LogP contribution in [-0.4, -0.2) is 17.5 Å². The molecule has 0 unspecified atom stereocenters. The Hall–Kier alpha value is -0.570. The lowest BCUT2D eigenvalue weighted by atomic mass is 9.88. The van der Waals surface area contributed by atoms with Crippen LogP contribution in [0.2, 0.25) is 0 Å². The first-order valence-corrected chi connectivity index (χ1v) is 6.25. The zero-order chi connectivity index (χ0) is 12.8. The maximum absolute atomic E-state index is 10.3. The van der Waals surface area contributed by atoms with Crippen LogP contribution in [0.3, 0.4) is 0 Å². The Morgan fingerprint density at radius 2 is 1.62 bits per heavy atom. The normalized spacial score (nSPS) is 25.4. The van der Waals surface area contributed by atoms with Gasteiger partial charge in [-0.3, -0.25) is 4.79 Å². The Balaban J connectivity index is 0.000000281. The van der Waals surface area contributed by atoms with E-state index in [1.807, 2.05) is 20.8 Å². The van der Waals surface area contributed by atoms with Crippen LogP contribution in [0.15, 0.2) is 0 Å². The number of carbonyl (C=O) groups is 1. The largest absolute Gasteiger partial charge is 0.352 e. The number of hydrogen-bond acceptors (Lipinski definition) is 2. The van der Waals surface area contributed by atoms with Crippen LogP contribution >= 0.6 is 0 Å². The average Bonchev–Trinajstić information content (AvgIpc) is 2.07. The SMILES string of the molecule is CC(=O)NC(C)(C)C.CC1CCC(N)CC1. The van der Waals surface area contributed by atoms with Gasteiger partial charge in [0, 0.05) is 18.5 Å². The summed E-state index contributed by atoms with van der Waals surface area (Å²) in [6.45, 7) is 9.69. The van der Waals surface area contributed by atoms with Gasteiger partial charge in [-0.2, -0.15) is 0 Å². The molecule has 1 aliphatic rings. The summed E-state index contributed by atoms with van der Waals surface area (Å²) in [5.74, 6) is 0.965. The molecule has 0 aromatic heterocycles. The second-order valence-corrected chi connectivity index (χ2v) is 5.95. The first-order chi connectivity index (χ1) is 7.20. The van der Waals surface area contributed by atoms with Gasteiger partial charge in [0.1, 0.15) is 0 Å². The smallest absolute Gasteiger partial charge is 0.217 e. The van der Waals surface area contributed by atoms with Crippen molar-refractivity contribution in [3.8, 4) is 0 Å². The van der Waals surface area contributed by atoms with Crippen molar-refractivity contribution >= 4 is 5.91 Å². The van der Waals surface area contributed by atoms with Crippen LogP contribution in [0.4, 0.5) is 0 Å². The third-order valence-electron chi connectivity index (χ3n) is 2.61. The molecule has 1 aliphatic carbocycles. The molecule has 0 saturated heterocycles. The molecule has 16 heavy (non-hydrogen) atoms. The summed E-state index contributed by atoms with van der Waals surface area (Å²) in [6.07, 6.45) is 5.20. The van der Waals surface area contributed by atoms with E-state index < -0.39 is 0 Å². The molecule has 0 radical (unpaired) electrons. The molecule has 1 fully saturated rings. The highest BCUT2D eigenvalue weighted by molar-refractivity contribution is 5.73. The Labute approximate surface area is 100 Å². The molecule has 1 rings (SSSR count). The summed E-state index contributed by atoms with van der Waals surface area (Å²) in [4.78, 5) is 10.3. The summed E-state index contributed by atoms with van der Waals surface area (Å²) in [6, 6.07) is 0.520. The monoisotopic (exact) mass is 228 g/mol. The van der Waals surface area contributed by atoms with E-state index in [1.54, 1.807) is 0 Å². The molecule has 0 atom stereocenters. The van der Waals surface area contributed by atoms with Crippen LogP contribution in [0.5, 0.6) is 0 Å². The van der Waals surface area contributed by atoms with Crippen molar-refractivity contribution < 1.29 is 4.79 Å². The molecular formula is C13H28N2O. The van der Waals surface area contributed by atoms with Crippen molar-refractivity contribution in [1.82, 2.24) is 5.32 Å². The maximum atomic E-state index is 10.3. The van der Waals surface area contributed by atoms with E-state index in [4.69, 9.17) is 5.73 Å². The Kier molecular flexibility index (Phi) is 6.65. The summed E-state index contributed by atoms with van der Waals surface area (Å²) in [5, 5.41) is 2.74. The Morgan fingerprint density at radius 1 is 1.19 bits per heavy atom. The minimum atomic E-state index is -0.0775. The molecule has 0 spiro atoms. The van der Waals surface area contributed by atoms with Gasteiger partial charge in [0.25, 0.3) is 0 Å². The molecule has 0 bridgehead atoms. The van der Waals surface area contributed by atoms with E-state index in [9.17, 15) is 4.79 Å². The summed E-state index contributed by atoms with van der Waals surface area (Å²) >= 11 is 0. The van der Waals surface area contributed by atoms with E-state index in [0.717, 1.165) is 5.92 Å². The minimum absolute atomic E-state index is 0.0255. The first kappa shape index (κ1) is 15.4. The van der Waals surface area contributed by atoms with Crippen molar-refractivity contribution in [2.75, 3.05) is 0 Å². The number of rotatable bonds is 0. The first-order valence-electron chi connectivity index (χ1n) is 6.25. The van der Waals surface area contributed by atoms with Crippen molar-refractivity contribution in [2.45, 2.75) is 71.9 Å². The van der Waals surface area contributed by atoms with Gasteiger partial charge >= 0.3 is 0 Å². The lowest BCUT2D eigenvalue weighted by Crippen LogP contribution is -2.38. The van der Waals surface area contributed by atoms with Crippen molar-refractivity contribution in [3.05, 3.63) is 0 Å². The van der Waals surface area contributed by atoms with Gasteiger partial charge in [-0.1, -0.05) is 6.92 Å². The molecule has 0 aromatic carbocycles. The highest BCUT2D eigenvalue weighted by Gasteiger charge is 2.13. The highest BCUT2D eigenvalue weighted by atomic mass is 16.1. The maximum Gasteiger partial charge on any atom is 0.217 e.